The lowest BCUT2D eigenvalue weighted by molar-refractivity contribution is -0.144. The number of hydrogen-bond acceptors (Lipinski definition) is 4. The van der Waals surface area contributed by atoms with E-state index in [1.165, 1.54) is 16.0 Å². The number of carbonyl (C=O) groups excluding carboxylic acids is 2. The van der Waals surface area contributed by atoms with Crippen molar-refractivity contribution < 1.29 is 18.7 Å². The standard InChI is InChI=1S/C24H26FN3O3/c1-27(24(30)17-6-5-7-17)15-23(29)28-22(16-10-12-18(31-2)13-11-16)14-21(26-28)19-8-3-4-9-20(19)25/h3-4,8-13,17,22H,5-7,14-15H2,1-2H3/t22-/m0/s1. The van der Waals surface area contributed by atoms with Crippen molar-refractivity contribution in [1.29, 1.82) is 0 Å². The molecule has 0 unspecified atom stereocenters. The number of rotatable bonds is 6. The number of hydrazone groups is 1. The first-order chi connectivity index (χ1) is 15.0. The molecular weight excluding hydrogens is 397 g/mol. The molecule has 162 valence electrons. The Kier molecular flexibility index (Phi) is 6.02. The van der Waals surface area contributed by atoms with Gasteiger partial charge in [0.05, 0.1) is 18.9 Å². The maximum atomic E-state index is 14.4. The van der Waals surface area contributed by atoms with Crippen LogP contribution >= 0.6 is 0 Å². The van der Waals surface area contributed by atoms with Gasteiger partial charge < -0.3 is 9.64 Å². The molecule has 2 aromatic carbocycles. The van der Waals surface area contributed by atoms with Gasteiger partial charge >= 0.3 is 0 Å². The molecule has 0 saturated heterocycles. The fourth-order valence-corrected chi connectivity index (χ4v) is 4.00. The van der Waals surface area contributed by atoms with E-state index >= 15 is 0 Å². The van der Waals surface area contributed by atoms with Crippen LogP contribution in [-0.4, -0.2) is 48.1 Å². The maximum Gasteiger partial charge on any atom is 0.262 e. The summed E-state index contributed by atoms with van der Waals surface area (Å²) in [5, 5.41) is 5.90. The van der Waals surface area contributed by atoms with Crippen molar-refractivity contribution >= 4 is 17.5 Å². The zero-order valence-electron chi connectivity index (χ0n) is 17.8. The van der Waals surface area contributed by atoms with Crippen LogP contribution in [0.3, 0.4) is 0 Å². The average Bonchev–Trinajstić information content (AvgIpc) is 3.18. The second-order valence-corrected chi connectivity index (χ2v) is 8.08. The number of hydrogen-bond donors (Lipinski definition) is 0. The molecule has 0 spiro atoms. The highest BCUT2D eigenvalue weighted by Crippen LogP contribution is 2.34. The molecule has 0 aromatic heterocycles. The summed E-state index contributed by atoms with van der Waals surface area (Å²) in [6.45, 7) is -0.0595. The second kappa shape index (κ2) is 8.88. The van der Waals surface area contributed by atoms with E-state index in [2.05, 4.69) is 5.10 Å². The van der Waals surface area contributed by atoms with Crippen molar-refractivity contribution in [2.75, 3.05) is 20.7 Å². The fraction of sp³-hybridized carbons (Fsp3) is 0.375. The van der Waals surface area contributed by atoms with Crippen LogP contribution < -0.4 is 4.74 Å². The molecule has 1 aliphatic heterocycles. The van der Waals surface area contributed by atoms with Gasteiger partial charge in [0, 0.05) is 24.9 Å². The largest absolute Gasteiger partial charge is 0.497 e. The summed E-state index contributed by atoms with van der Waals surface area (Å²) in [5.41, 5.74) is 1.77. The number of ether oxygens (including phenoxy) is 1. The highest BCUT2D eigenvalue weighted by molar-refractivity contribution is 6.03. The third-order valence-corrected chi connectivity index (χ3v) is 6.05. The Morgan fingerprint density at radius 2 is 1.87 bits per heavy atom. The van der Waals surface area contributed by atoms with Crippen LogP contribution in [0, 0.1) is 11.7 Å². The quantitative estimate of drug-likeness (QED) is 0.711. The molecule has 1 saturated carbocycles. The summed E-state index contributed by atoms with van der Waals surface area (Å²) < 4.78 is 19.6. The molecule has 2 aliphatic rings. The lowest BCUT2D eigenvalue weighted by Gasteiger charge is -2.30. The number of likely N-dealkylation sites (N-methyl/N-ethyl adjacent to an activating group) is 1. The van der Waals surface area contributed by atoms with Crippen LogP contribution in [0.2, 0.25) is 0 Å². The predicted molar refractivity (Wildman–Crippen MR) is 115 cm³/mol. The molecule has 6 nitrogen and oxygen atoms in total. The number of benzene rings is 2. The van der Waals surface area contributed by atoms with Gasteiger partial charge in [0.2, 0.25) is 5.91 Å². The zero-order valence-corrected chi connectivity index (χ0v) is 17.8. The third-order valence-electron chi connectivity index (χ3n) is 6.05. The van der Waals surface area contributed by atoms with E-state index in [4.69, 9.17) is 4.74 Å². The SMILES string of the molecule is COc1ccc([C@@H]2CC(c3ccccc3F)=NN2C(=O)CN(C)C(=O)C2CCC2)cc1. The summed E-state index contributed by atoms with van der Waals surface area (Å²) in [5.74, 6) is 0.0636. The summed E-state index contributed by atoms with van der Waals surface area (Å²) in [7, 11) is 3.24. The van der Waals surface area contributed by atoms with Gasteiger partial charge in [-0.3, -0.25) is 9.59 Å². The summed E-state index contributed by atoms with van der Waals surface area (Å²) >= 11 is 0. The van der Waals surface area contributed by atoms with E-state index in [-0.39, 0.29) is 36.1 Å². The maximum absolute atomic E-state index is 14.4. The molecule has 1 atom stereocenters. The summed E-state index contributed by atoms with van der Waals surface area (Å²) in [4.78, 5) is 27.1. The summed E-state index contributed by atoms with van der Waals surface area (Å²) in [6.07, 6.45) is 3.20. The van der Waals surface area contributed by atoms with Gasteiger partial charge in [0.25, 0.3) is 5.91 Å². The average molecular weight is 423 g/mol. The van der Waals surface area contributed by atoms with Crippen LogP contribution in [0.5, 0.6) is 5.75 Å². The third kappa shape index (κ3) is 4.31. The van der Waals surface area contributed by atoms with Crippen LogP contribution in [0.4, 0.5) is 4.39 Å². The minimum absolute atomic E-state index is 0.00176. The van der Waals surface area contributed by atoms with Crippen LogP contribution in [0.25, 0.3) is 0 Å². The van der Waals surface area contributed by atoms with Crippen LogP contribution in [0.15, 0.2) is 53.6 Å². The van der Waals surface area contributed by atoms with Gasteiger partial charge in [-0.2, -0.15) is 5.10 Å². The predicted octanol–water partition coefficient (Wildman–Crippen LogP) is 3.77. The first-order valence-electron chi connectivity index (χ1n) is 10.5. The minimum Gasteiger partial charge on any atom is -0.497 e. The highest BCUT2D eigenvalue weighted by atomic mass is 19.1. The molecule has 0 bridgehead atoms. The number of nitrogens with zero attached hydrogens (tertiary/aromatic N) is 3. The first-order valence-corrected chi connectivity index (χ1v) is 10.5. The molecule has 4 rings (SSSR count). The van der Waals surface area contributed by atoms with Gasteiger partial charge in [-0.05, 0) is 36.6 Å². The van der Waals surface area contributed by atoms with Crippen molar-refractivity contribution in [3.8, 4) is 5.75 Å². The monoisotopic (exact) mass is 423 g/mol. The molecule has 2 amide bonds. The van der Waals surface area contributed by atoms with E-state index < -0.39 is 0 Å². The second-order valence-electron chi connectivity index (χ2n) is 8.08. The normalized spacial score (nSPS) is 18.4. The van der Waals surface area contributed by atoms with E-state index in [1.807, 2.05) is 24.3 Å². The Balaban J connectivity index is 1.59. The molecule has 1 fully saturated rings. The Labute approximate surface area is 181 Å². The van der Waals surface area contributed by atoms with Gasteiger partial charge in [-0.15, -0.1) is 0 Å². The number of methoxy groups -OCH3 is 1. The number of amides is 2. The Morgan fingerprint density at radius 3 is 2.48 bits per heavy atom. The smallest absolute Gasteiger partial charge is 0.262 e. The van der Waals surface area contributed by atoms with Crippen molar-refractivity contribution in [3.05, 3.63) is 65.5 Å². The van der Waals surface area contributed by atoms with Gasteiger partial charge in [-0.25, -0.2) is 9.40 Å². The van der Waals surface area contributed by atoms with Gasteiger partial charge in [-0.1, -0.05) is 36.8 Å². The highest BCUT2D eigenvalue weighted by Gasteiger charge is 2.36. The minimum atomic E-state index is -0.375. The molecule has 1 heterocycles. The lowest BCUT2D eigenvalue weighted by atomic mass is 9.84. The molecule has 0 radical (unpaired) electrons. The van der Waals surface area contributed by atoms with Crippen molar-refractivity contribution in [3.63, 3.8) is 0 Å². The Bertz CT molecular complexity index is 1000. The van der Waals surface area contributed by atoms with Gasteiger partial charge in [0.1, 0.15) is 18.1 Å². The lowest BCUT2D eigenvalue weighted by Crippen LogP contribution is -2.42. The number of halogens is 1. The summed E-state index contributed by atoms with van der Waals surface area (Å²) in [6, 6.07) is 13.5. The van der Waals surface area contributed by atoms with Crippen molar-refractivity contribution in [1.82, 2.24) is 9.91 Å². The molecular formula is C24H26FN3O3. The van der Waals surface area contributed by atoms with Crippen molar-refractivity contribution in [2.45, 2.75) is 31.7 Å². The van der Waals surface area contributed by atoms with Gasteiger partial charge in [0.15, 0.2) is 0 Å². The Hall–Kier alpha value is -3.22. The van der Waals surface area contributed by atoms with Crippen molar-refractivity contribution in [2.24, 2.45) is 11.0 Å². The van der Waals surface area contributed by atoms with E-state index in [0.717, 1.165) is 24.8 Å². The molecule has 2 aromatic rings. The molecule has 0 N–H and O–H groups in total. The first kappa shape index (κ1) is 21.0. The Morgan fingerprint density at radius 1 is 1.16 bits per heavy atom. The molecule has 7 heteroatoms. The van der Waals surface area contributed by atoms with E-state index in [1.54, 1.807) is 32.4 Å². The van der Waals surface area contributed by atoms with E-state index in [9.17, 15) is 14.0 Å². The zero-order chi connectivity index (χ0) is 22.0. The molecule has 31 heavy (non-hydrogen) atoms. The van der Waals surface area contributed by atoms with E-state index in [0.29, 0.717) is 23.4 Å². The number of carbonyl (C=O) groups is 2. The molecule has 1 aliphatic carbocycles. The fourth-order valence-electron chi connectivity index (χ4n) is 4.00. The van der Waals surface area contributed by atoms with Crippen LogP contribution in [0.1, 0.15) is 42.9 Å². The topological polar surface area (TPSA) is 62.2 Å². The van der Waals surface area contributed by atoms with Crippen LogP contribution in [-0.2, 0) is 9.59 Å².